The number of ether oxygens (including phenoxy) is 1. The standard InChI is InChI=1S/C13H22FNO2/c1-3-11(14)12(13(16)17-2)15-9-5-4-6-10(15)8-7-9/h9-12H,3-8H2,1-2H3/t9-,10+,11?,12?. The lowest BCUT2D eigenvalue weighted by atomic mass is 9.97. The minimum absolute atomic E-state index is 0.371. The van der Waals surface area contributed by atoms with Crippen LogP contribution in [0.25, 0.3) is 0 Å². The smallest absolute Gasteiger partial charge is 0.326 e. The van der Waals surface area contributed by atoms with Crippen molar-refractivity contribution in [3.8, 4) is 0 Å². The Morgan fingerprint density at radius 2 is 1.94 bits per heavy atom. The highest BCUT2D eigenvalue weighted by atomic mass is 19.1. The van der Waals surface area contributed by atoms with Crippen molar-refractivity contribution in [1.29, 1.82) is 0 Å². The summed E-state index contributed by atoms with van der Waals surface area (Å²) in [5.41, 5.74) is 0. The van der Waals surface area contributed by atoms with E-state index < -0.39 is 18.2 Å². The third-order valence-corrected chi connectivity index (χ3v) is 4.25. The molecular weight excluding hydrogens is 221 g/mol. The van der Waals surface area contributed by atoms with Crippen LogP contribution in [0.2, 0.25) is 0 Å². The molecule has 2 rings (SSSR count). The molecule has 4 heteroatoms. The Kier molecular flexibility index (Phi) is 4.02. The zero-order valence-corrected chi connectivity index (χ0v) is 10.7. The van der Waals surface area contributed by atoms with Crippen molar-refractivity contribution in [3.05, 3.63) is 0 Å². The number of carbonyl (C=O) groups excluding carboxylic acids is 1. The molecule has 0 aromatic heterocycles. The second kappa shape index (κ2) is 5.34. The van der Waals surface area contributed by atoms with Gasteiger partial charge in [-0.25, -0.2) is 4.39 Å². The number of hydrogen-bond donors (Lipinski definition) is 0. The van der Waals surface area contributed by atoms with Crippen molar-refractivity contribution in [2.24, 2.45) is 0 Å². The molecule has 0 amide bonds. The number of alkyl halides is 1. The fraction of sp³-hybridized carbons (Fsp3) is 0.923. The van der Waals surface area contributed by atoms with Crippen molar-refractivity contribution in [3.63, 3.8) is 0 Å². The van der Waals surface area contributed by atoms with Gasteiger partial charge in [0.2, 0.25) is 0 Å². The van der Waals surface area contributed by atoms with Gasteiger partial charge in [-0.1, -0.05) is 13.3 Å². The minimum Gasteiger partial charge on any atom is -0.468 e. The lowest BCUT2D eigenvalue weighted by molar-refractivity contribution is -0.152. The molecule has 0 aliphatic carbocycles. The van der Waals surface area contributed by atoms with Crippen LogP contribution in [-0.4, -0.2) is 42.3 Å². The molecule has 4 atom stereocenters. The summed E-state index contributed by atoms with van der Waals surface area (Å²) in [6, 6.07) is 0.105. The molecule has 2 fully saturated rings. The molecule has 0 aromatic rings. The molecule has 17 heavy (non-hydrogen) atoms. The van der Waals surface area contributed by atoms with Crippen LogP contribution < -0.4 is 0 Å². The van der Waals surface area contributed by atoms with Gasteiger partial charge in [-0.15, -0.1) is 0 Å². The van der Waals surface area contributed by atoms with E-state index in [1.54, 1.807) is 6.92 Å². The van der Waals surface area contributed by atoms with E-state index in [1.165, 1.54) is 13.5 Å². The molecule has 2 heterocycles. The maximum Gasteiger partial charge on any atom is 0.326 e. The fourth-order valence-electron chi connectivity index (χ4n) is 3.41. The van der Waals surface area contributed by atoms with Crippen LogP contribution in [0.3, 0.4) is 0 Å². The molecule has 2 bridgehead atoms. The summed E-state index contributed by atoms with van der Waals surface area (Å²) in [4.78, 5) is 13.9. The van der Waals surface area contributed by atoms with E-state index in [2.05, 4.69) is 4.90 Å². The number of rotatable bonds is 4. The SMILES string of the molecule is CCC(F)C(C(=O)OC)N1[C@@H]2CCC[C@H]1CC2. The first-order chi connectivity index (χ1) is 8.19. The van der Waals surface area contributed by atoms with Crippen molar-refractivity contribution in [1.82, 2.24) is 4.90 Å². The Bertz CT molecular complexity index is 269. The monoisotopic (exact) mass is 243 g/mol. The predicted molar refractivity (Wildman–Crippen MR) is 63.5 cm³/mol. The maximum absolute atomic E-state index is 14.1. The van der Waals surface area contributed by atoms with Gasteiger partial charge < -0.3 is 4.74 Å². The van der Waals surface area contributed by atoms with E-state index in [4.69, 9.17) is 4.74 Å². The minimum atomic E-state index is -1.11. The number of methoxy groups -OCH3 is 1. The maximum atomic E-state index is 14.1. The molecule has 0 aromatic carbocycles. The zero-order chi connectivity index (χ0) is 12.4. The predicted octanol–water partition coefficient (Wildman–Crippen LogP) is 2.29. The van der Waals surface area contributed by atoms with E-state index in [9.17, 15) is 9.18 Å². The summed E-state index contributed by atoms with van der Waals surface area (Å²) in [5.74, 6) is -0.404. The van der Waals surface area contributed by atoms with Gasteiger partial charge in [0.05, 0.1) is 7.11 Å². The third kappa shape index (κ3) is 2.32. The van der Waals surface area contributed by atoms with E-state index in [0.717, 1.165) is 25.7 Å². The third-order valence-electron chi connectivity index (χ3n) is 4.25. The van der Waals surface area contributed by atoms with E-state index in [1.807, 2.05) is 0 Å². The van der Waals surface area contributed by atoms with Gasteiger partial charge in [-0.3, -0.25) is 9.69 Å². The molecule has 2 unspecified atom stereocenters. The fourth-order valence-corrected chi connectivity index (χ4v) is 3.41. The van der Waals surface area contributed by atoms with Crippen molar-refractivity contribution in [2.75, 3.05) is 7.11 Å². The summed E-state index contributed by atoms with van der Waals surface area (Å²) in [5, 5.41) is 0. The van der Waals surface area contributed by atoms with Gasteiger partial charge >= 0.3 is 5.97 Å². The molecule has 2 saturated heterocycles. The van der Waals surface area contributed by atoms with Crippen LogP contribution in [0.1, 0.15) is 45.4 Å². The summed E-state index contributed by atoms with van der Waals surface area (Å²) >= 11 is 0. The Hall–Kier alpha value is -0.640. The Morgan fingerprint density at radius 3 is 2.41 bits per heavy atom. The van der Waals surface area contributed by atoms with Gasteiger partial charge in [0.1, 0.15) is 12.2 Å². The number of carbonyl (C=O) groups is 1. The summed E-state index contributed by atoms with van der Waals surface area (Å²) in [6.07, 6.45) is 4.88. The van der Waals surface area contributed by atoms with Gasteiger partial charge in [0.15, 0.2) is 0 Å². The van der Waals surface area contributed by atoms with Crippen molar-refractivity contribution >= 4 is 5.97 Å². The number of esters is 1. The van der Waals surface area contributed by atoms with Gasteiger partial charge in [0, 0.05) is 12.1 Å². The first kappa shape index (κ1) is 12.8. The number of halogens is 1. The number of nitrogens with zero attached hydrogens (tertiary/aromatic N) is 1. The Labute approximate surface area is 102 Å². The molecule has 0 spiro atoms. The molecule has 3 nitrogen and oxygen atoms in total. The van der Waals surface area contributed by atoms with Gasteiger partial charge in [0.25, 0.3) is 0 Å². The number of fused-ring (bicyclic) bond motifs is 2. The first-order valence-electron chi connectivity index (χ1n) is 6.68. The quantitative estimate of drug-likeness (QED) is 0.710. The molecule has 0 saturated carbocycles. The van der Waals surface area contributed by atoms with Crippen LogP contribution in [0.4, 0.5) is 4.39 Å². The molecule has 0 radical (unpaired) electrons. The van der Waals surface area contributed by atoms with Crippen LogP contribution in [-0.2, 0) is 9.53 Å². The Balaban J connectivity index is 2.17. The van der Waals surface area contributed by atoms with Crippen LogP contribution in [0.5, 0.6) is 0 Å². The van der Waals surface area contributed by atoms with Crippen molar-refractivity contribution in [2.45, 2.75) is 69.7 Å². The average Bonchev–Trinajstić information content (AvgIpc) is 2.60. The highest BCUT2D eigenvalue weighted by Crippen LogP contribution is 2.38. The van der Waals surface area contributed by atoms with E-state index in [-0.39, 0.29) is 0 Å². The average molecular weight is 243 g/mol. The first-order valence-corrected chi connectivity index (χ1v) is 6.68. The molecule has 2 aliphatic heterocycles. The largest absolute Gasteiger partial charge is 0.468 e. The van der Waals surface area contributed by atoms with Crippen LogP contribution >= 0.6 is 0 Å². The number of piperidine rings is 1. The molecular formula is C13H22FNO2. The highest BCUT2D eigenvalue weighted by Gasteiger charge is 2.46. The van der Waals surface area contributed by atoms with E-state index >= 15 is 0 Å². The highest BCUT2D eigenvalue weighted by molar-refractivity contribution is 5.76. The second-order valence-corrected chi connectivity index (χ2v) is 5.16. The number of hydrogen-bond acceptors (Lipinski definition) is 3. The molecule has 98 valence electrons. The second-order valence-electron chi connectivity index (χ2n) is 5.16. The van der Waals surface area contributed by atoms with E-state index in [0.29, 0.717) is 18.5 Å². The molecule has 2 aliphatic rings. The summed E-state index contributed by atoms with van der Waals surface area (Å²) in [6.45, 7) is 1.78. The molecule has 0 N–H and O–H groups in total. The van der Waals surface area contributed by atoms with Crippen molar-refractivity contribution < 1.29 is 13.9 Å². The Morgan fingerprint density at radius 1 is 1.35 bits per heavy atom. The normalized spacial score (nSPS) is 32.2. The van der Waals surface area contributed by atoms with Gasteiger partial charge in [-0.2, -0.15) is 0 Å². The lowest BCUT2D eigenvalue weighted by Crippen LogP contribution is -2.54. The summed E-state index contributed by atoms with van der Waals surface area (Å²) in [7, 11) is 1.35. The van der Waals surface area contributed by atoms with Crippen LogP contribution in [0, 0.1) is 0 Å². The van der Waals surface area contributed by atoms with Crippen LogP contribution in [0.15, 0.2) is 0 Å². The summed E-state index contributed by atoms with van der Waals surface area (Å²) < 4.78 is 18.8. The zero-order valence-electron chi connectivity index (χ0n) is 10.7. The van der Waals surface area contributed by atoms with Gasteiger partial charge in [-0.05, 0) is 32.1 Å². The topological polar surface area (TPSA) is 29.5 Å². The lowest BCUT2D eigenvalue weighted by Gasteiger charge is -2.40.